The van der Waals surface area contributed by atoms with E-state index in [1.54, 1.807) is 26.8 Å². The van der Waals surface area contributed by atoms with Gasteiger partial charge in [-0.25, -0.2) is 4.98 Å². The van der Waals surface area contributed by atoms with Crippen molar-refractivity contribution in [2.75, 3.05) is 0 Å². The van der Waals surface area contributed by atoms with Gasteiger partial charge >= 0.3 is 0 Å². The van der Waals surface area contributed by atoms with E-state index in [1.807, 2.05) is 6.07 Å². The maximum absolute atomic E-state index is 13.1. The minimum Gasteiger partial charge on any atom is -0.361 e. The van der Waals surface area contributed by atoms with E-state index in [0.717, 1.165) is 0 Å². The summed E-state index contributed by atoms with van der Waals surface area (Å²) in [7, 11) is -1.73. The molecule has 1 atom stereocenters. The number of Topliss-reactive ketones (excluding diaryl/α,β-unsaturated/α-hetero) is 1. The Labute approximate surface area is 173 Å². The first-order valence-electron chi connectivity index (χ1n) is 8.31. The van der Waals surface area contributed by atoms with Crippen LogP contribution in [0.5, 0.6) is 0 Å². The average Bonchev–Trinajstić information content (AvgIpc) is 3.06. The molecule has 144 valence electrons. The quantitative estimate of drug-likeness (QED) is 0.530. The molecule has 0 fully saturated rings. The zero-order chi connectivity index (χ0) is 20.6. The smallest absolute Gasteiger partial charge is 0.169 e. The Morgan fingerprint density at radius 2 is 2.07 bits per heavy atom. The molecule has 6 nitrogen and oxygen atoms in total. The molecule has 0 aliphatic carbocycles. The van der Waals surface area contributed by atoms with Gasteiger partial charge in [0.25, 0.3) is 0 Å². The second-order valence-corrected chi connectivity index (χ2v) is 8.63. The van der Waals surface area contributed by atoms with Crippen LogP contribution in [0.3, 0.4) is 0 Å². The van der Waals surface area contributed by atoms with Crippen LogP contribution in [0.15, 0.2) is 27.7 Å². The van der Waals surface area contributed by atoms with Gasteiger partial charge in [-0.15, -0.1) is 0 Å². The highest BCUT2D eigenvalue weighted by molar-refractivity contribution is 7.84. The summed E-state index contributed by atoms with van der Waals surface area (Å²) in [6.45, 7) is 5.14. The third-order valence-electron chi connectivity index (χ3n) is 4.06. The molecule has 0 amide bonds. The van der Waals surface area contributed by atoms with Crippen molar-refractivity contribution in [3.05, 3.63) is 50.8 Å². The van der Waals surface area contributed by atoms with Gasteiger partial charge in [0, 0.05) is 17.4 Å². The summed E-state index contributed by atoms with van der Waals surface area (Å²) in [6.07, 6.45) is 0. The van der Waals surface area contributed by atoms with Crippen LogP contribution in [-0.4, -0.2) is 20.1 Å². The molecule has 9 heteroatoms. The van der Waals surface area contributed by atoms with E-state index >= 15 is 0 Å². The fourth-order valence-corrected chi connectivity index (χ4v) is 4.52. The number of rotatable bonds is 5. The zero-order valence-corrected chi connectivity index (χ0v) is 17.6. The fraction of sp³-hybridized carbons (Fsp3) is 0.263. The van der Waals surface area contributed by atoms with Crippen molar-refractivity contribution in [1.82, 2.24) is 10.1 Å². The van der Waals surface area contributed by atoms with E-state index in [2.05, 4.69) is 10.1 Å². The van der Waals surface area contributed by atoms with Crippen molar-refractivity contribution in [3.63, 3.8) is 0 Å². The number of nitrogens with zero attached hydrogens (tertiary/aromatic N) is 3. The number of hydrogen-bond acceptors (Lipinski definition) is 6. The minimum atomic E-state index is -1.73. The largest absolute Gasteiger partial charge is 0.361 e. The molecule has 2 heterocycles. The third kappa shape index (κ3) is 3.68. The summed E-state index contributed by atoms with van der Waals surface area (Å²) >= 11 is 12.8. The third-order valence-corrected chi connectivity index (χ3v) is 6.03. The van der Waals surface area contributed by atoms with Gasteiger partial charge < -0.3 is 4.52 Å². The topological polar surface area (TPSA) is 96.8 Å². The predicted octanol–water partition coefficient (Wildman–Crippen LogP) is 4.86. The second kappa shape index (κ2) is 8.00. The van der Waals surface area contributed by atoms with Gasteiger partial charge in [-0.3, -0.25) is 9.00 Å². The lowest BCUT2D eigenvalue weighted by Gasteiger charge is -2.15. The Bertz CT molecular complexity index is 1170. The zero-order valence-electron chi connectivity index (χ0n) is 15.2. The number of ketones is 1. The monoisotopic (exact) mass is 435 g/mol. The van der Waals surface area contributed by atoms with Gasteiger partial charge in [0.2, 0.25) is 0 Å². The molecule has 1 unspecified atom stereocenters. The van der Waals surface area contributed by atoms with Gasteiger partial charge in [0.1, 0.15) is 10.8 Å². The molecule has 28 heavy (non-hydrogen) atoms. The summed E-state index contributed by atoms with van der Waals surface area (Å²) in [5, 5.41) is 13.8. The van der Waals surface area contributed by atoms with Gasteiger partial charge in [0.05, 0.1) is 55.0 Å². The molecule has 2 aromatic heterocycles. The fourth-order valence-electron chi connectivity index (χ4n) is 2.72. The van der Waals surface area contributed by atoms with Crippen LogP contribution in [0.25, 0.3) is 10.9 Å². The molecule has 0 radical (unpaired) electrons. The van der Waals surface area contributed by atoms with Crippen LogP contribution < -0.4 is 0 Å². The lowest BCUT2D eigenvalue weighted by Crippen LogP contribution is -2.15. The molecule has 0 spiro atoms. The van der Waals surface area contributed by atoms with Crippen LogP contribution in [0.1, 0.15) is 41.2 Å². The molecule has 1 aromatic carbocycles. The predicted molar refractivity (Wildman–Crippen MR) is 107 cm³/mol. The van der Waals surface area contributed by atoms with Crippen LogP contribution >= 0.6 is 23.2 Å². The first-order chi connectivity index (χ1) is 13.2. The normalized spacial score (nSPS) is 12.3. The molecule has 0 N–H and O–H groups in total. The van der Waals surface area contributed by atoms with E-state index in [4.69, 9.17) is 27.7 Å². The number of fused-ring (bicyclic) bond motifs is 1. The lowest BCUT2D eigenvalue weighted by atomic mass is 9.99. The van der Waals surface area contributed by atoms with Crippen molar-refractivity contribution >= 4 is 50.7 Å². The summed E-state index contributed by atoms with van der Waals surface area (Å²) < 4.78 is 18.1. The number of carbonyl (C=O) groups excluding carboxylic acids is 1. The molecular formula is C19H15Cl2N3O3S. The Morgan fingerprint density at radius 1 is 1.36 bits per heavy atom. The molecule has 0 saturated heterocycles. The Morgan fingerprint density at radius 3 is 2.64 bits per heavy atom. The maximum Gasteiger partial charge on any atom is 0.169 e. The summed E-state index contributed by atoms with van der Waals surface area (Å²) in [4.78, 5) is 17.3. The van der Waals surface area contributed by atoms with E-state index < -0.39 is 16.7 Å². The number of benzene rings is 1. The number of pyridine rings is 1. The second-order valence-electron chi connectivity index (χ2n) is 6.47. The van der Waals surface area contributed by atoms with Crippen LogP contribution in [0.2, 0.25) is 10.0 Å². The number of aryl methyl sites for hydroxylation is 1. The maximum atomic E-state index is 13.1. The van der Waals surface area contributed by atoms with Crippen molar-refractivity contribution in [3.8, 4) is 6.07 Å². The summed E-state index contributed by atoms with van der Waals surface area (Å²) in [5.74, 6) is -0.147. The SMILES string of the molecule is Cc1cc(CS(=O)c2nc3c(Cl)ccc(C#N)c3c(Cl)c2C(=O)C(C)C)no1. The number of halogens is 2. The first-order valence-corrected chi connectivity index (χ1v) is 10.4. The lowest BCUT2D eigenvalue weighted by molar-refractivity contribution is 0.0936. The molecule has 3 rings (SSSR count). The summed E-state index contributed by atoms with van der Waals surface area (Å²) in [6, 6.07) is 6.72. The van der Waals surface area contributed by atoms with Gasteiger partial charge in [-0.2, -0.15) is 5.26 Å². The highest BCUT2D eigenvalue weighted by Gasteiger charge is 2.28. The van der Waals surface area contributed by atoms with Crippen molar-refractivity contribution in [1.29, 1.82) is 5.26 Å². The highest BCUT2D eigenvalue weighted by atomic mass is 35.5. The van der Waals surface area contributed by atoms with E-state index in [9.17, 15) is 14.3 Å². The van der Waals surface area contributed by atoms with Crippen molar-refractivity contribution in [2.24, 2.45) is 5.92 Å². The van der Waals surface area contributed by atoms with Gasteiger partial charge in [-0.05, 0) is 19.1 Å². The minimum absolute atomic E-state index is 0.000110. The van der Waals surface area contributed by atoms with Crippen molar-refractivity contribution < 1.29 is 13.5 Å². The van der Waals surface area contributed by atoms with E-state index in [-0.39, 0.29) is 48.6 Å². The standard InChI is InChI=1S/C19H15Cl2N3O3S/c1-9(2)18(25)15-16(21)14-11(7-22)4-5-13(20)17(14)23-19(15)28(26)8-12-6-10(3)27-24-12/h4-6,9H,8H2,1-3H3. The Kier molecular flexibility index (Phi) is 5.84. The Hall–Kier alpha value is -2.27. The van der Waals surface area contributed by atoms with Crippen LogP contribution in [-0.2, 0) is 16.6 Å². The van der Waals surface area contributed by atoms with Crippen LogP contribution in [0.4, 0.5) is 0 Å². The Balaban J connectivity index is 2.29. The van der Waals surface area contributed by atoms with Gasteiger partial charge in [-0.1, -0.05) is 42.2 Å². The molecule has 0 saturated carbocycles. The molecule has 0 bridgehead atoms. The molecule has 0 aliphatic heterocycles. The van der Waals surface area contributed by atoms with Crippen LogP contribution in [0, 0.1) is 24.2 Å². The average molecular weight is 436 g/mol. The first kappa shape index (κ1) is 20.5. The van der Waals surface area contributed by atoms with Gasteiger partial charge in [0.15, 0.2) is 5.78 Å². The number of nitriles is 1. The molecular weight excluding hydrogens is 421 g/mol. The summed E-state index contributed by atoms with van der Waals surface area (Å²) in [5.41, 5.74) is 0.972. The highest BCUT2D eigenvalue weighted by Crippen LogP contribution is 2.37. The molecule has 3 aromatic rings. The number of aromatic nitrogens is 2. The van der Waals surface area contributed by atoms with Crippen molar-refractivity contribution in [2.45, 2.75) is 31.6 Å². The van der Waals surface area contributed by atoms with E-state index in [1.165, 1.54) is 12.1 Å². The number of hydrogen-bond donors (Lipinski definition) is 0. The van der Waals surface area contributed by atoms with E-state index in [0.29, 0.717) is 11.5 Å². The molecule has 0 aliphatic rings. The number of carbonyl (C=O) groups is 1.